The molecule has 0 atom stereocenters. The zero-order chi connectivity index (χ0) is 9.30. The summed E-state index contributed by atoms with van der Waals surface area (Å²) in [6.45, 7) is 1.71. The molecule has 0 aliphatic carbocycles. The standard InChI is InChI=1S/C8H8BrNO2/c1-4-2-5(9)3-6(10)7(4)8(11)12/h2-3H,10H2,1H3,(H,11,12). The number of aromatic carboxylic acids is 1. The molecule has 0 radical (unpaired) electrons. The molecule has 0 amide bonds. The molecule has 3 nitrogen and oxygen atoms in total. The molecule has 0 saturated heterocycles. The van der Waals surface area contributed by atoms with Crippen LogP contribution >= 0.6 is 15.9 Å². The van der Waals surface area contributed by atoms with E-state index in [0.29, 0.717) is 5.56 Å². The molecule has 4 heteroatoms. The van der Waals surface area contributed by atoms with E-state index in [1.807, 2.05) is 0 Å². The summed E-state index contributed by atoms with van der Waals surface area (Å²) in [7, 11) is 0. The van der Waals surface area contributed by atoms with Gasteiger partial charge in [-0.15, -0.1) is 0 Å². The number of carboxylic acid groups (broad SMARTS) is 1. The topological polar surface area (TPSA) is 63.3 Å². The Morgan fingerprint density at radius 1 is 1.58 bits per heavy atom. The molecule has 0 aliphatic rings. The Morgan fingerprint density at radius 3 is 2.58 bits per heavy atom. The second-order valence-electron chi connectivity index (χ2n) is 2.49. The van der Waals surface area contributed by atoms with Crippen LogP contribution in [-0.4, -0.2) is 11.1 Å². The number of aryl methyl sites for hydroxylation is 1. The van der Waals surface area contributed by atoms with Crippen LogP contribution in [0.15, 0.2) is 16.6 Å². The van der Waals surface area contributed by atoms with Gasteiger partial charge in [0.15, 0.2) is 0 Å². The highest BCUT2D eigenvalue weighted by atomic mass is 79.9. The number of benzene rings is 1. The average Bonchev–Trinajstić information content (AvgIpc) is 1.82. The number of hydrogen-bond acceptors (Lipinski definition) is 2. The van der Waals surface area contributed by atoms with Crippen molar-refractivity contribution in [3.05, 3.63) is 27.7 Å². The molecule has 0 heterocycles. The van der Waals surface area contributed by atoms with E-state index in [-0.39, 0.29) is 11.3 Å². The predicted molar refractivity (Wildman–Crippen MR) is 50.3 cm³/mol. The number of rotatable bonds is 1. The van der Waals surface area contributed by atoms with Crippen molar-refractivity contribution in [3.8, 4) is 0 Å². The summed E-state index contributed by atoms with van der Waals surface area (Å²) in [5.74, 6) is -0.988. The molecule has 0 bridgehead atoms. The summed E-state index contributed by atoms with van der Waals surface area (Å²) in [6, 6.07) is 3.30. The van der Waals surface area contributed by atoms with E-state index in [2.05, 4.69) is 15.9 Å². The van der Waals surface area contributed by atoms with Crippen LogP contribution in [0.3, 0.4) is 0 Å². The Kier molecular flexibility index (Phi) is 2.38. The monoisotopic (exact) mass is 229 g/mol. The highest BCUT2D eigenvalue weighted by Gasteiger charge is 2.11. The fourth-order valence-electron chi connectivity index (χ4n) is 1.06. The van der Waals surface area contributed by atoms with Crippen molar-refractivity contribution >= 4 is 27.6 Å². The van der Waals surface area contributed by atoms with Gasteiger partial charge in [-0.2, -0.15) is 0 Å². The first kappa shape index (κ1) is 9.06. The van der Waals surface area contributed by atoms with Crippen molar-refractivity contribution in [2.24, 2.45) is 0 Å². The largest absolute Gasteiger partial charge is 0.478 e. The van der Waals surface area contributed by atoms with Crippen LogP contribution in [0.1, 0.15) is 15.9 Å². The molecule has 0 fully saturated rings. The van der Waals surface area contributed by atoms with E-state index in [4.69, 9.17) is 10.8 Å². The molecule has 1 aromatic rings. The zero-order valence-corrected chi connectivity index (χ0v) is 8.05. The van der Waals surface area contributed by atoms with Crippen molar-refractivity contribution in [2.75, 3.05) is 5.73 Å². The maximum absolute atomic E-state index is 10.7. The highest BCUT2D eigenvalue weighted by Crippen LogP contribution is 2.22. The van der Waals surface area contributed by atoms with Gasteiger partial charge in [0, 0.05) is 10.2 Å². The van der Waals surface area contributed by atoms with Crippen molar-refractivity contribution in [3.63, 3.8) is 0 Å². The smallest absolute Gasteiger partial charge is 0.338 e. The summed E-state index contributed by atoms with van der Waals surface area (Å²) < 4.78 is 0.794. The fourth-order valence-corrected chi connectivity index (χ4v) is 1.65. The van der Waals surface area contributed by atoms with Crippen LogP contribution in [0, 0.1) is 6.92 Å². The second-order valence-corrected chi connectivity index (χ2v) is 3.41. The van der Waals surface area contributed by atoms with Gasteiger partial charge in [0.05, 0.1) is 5.56 Å². The van der Waals surface area contributed by atoms with Gasteiger partial charge in [0.1, 0.15) is 0 Å². The van der Waals surface area contributed by atoms with E-state index in [1.165, 1.54) is 0 Å². The number of carbonyl (C=O) groups is 1. The molecule has 0 aliphatic heterocycles. The third kappa shape index (κ3) is 1.58. The van der Waals surface area contributed by atoms with Gasteiger partial charge in [-0.05, 0) is 24.6 Å². The van der Waals surface area contributed by atoms with E-state index in [0.717, 1.165) is 4.47 Å². The van der Waals surface area contributed by atoms with Crippen molar-refractivity contribution in [2.45, 2.75) is 6.92 Å². The summed E-state index contributed by atoms with van der Waals surface area (Å²) in [4.78, 5) is 10.7. The van der Waals surface area contributed by atoms with Gasteiger partial charge in [0.2, 0.25) is 0 Å². The first-order valence-electron chi connectivity index (χ1n) is 3.31. The van der Waals surface area contributed by atoms with Crippen LogP contribution in [0.5, 0.6) is 0 Å². The van der Waals surface area contributed by atoms with E-state index in [9.17, 15) is 4.79 Å². The Labute approximate surface area is 78.3 Å². The van der Waals surface area contributed by atoms with Crippen LogP contribution < -0.4 is 5.73 Å². The first-order valence-corrected chi connectivity index (χ1v) is 4.10. The first-order chi connectivity index (χ1) is 5.52. The highest BCUT2D eigenvalue weighted by molar-refractivity contribution is 9.10. The van der Waals surface area contributed by atoms with Crippen molar-refractivity contribution in [1.29, 1.82) is 0 Å². The van der Waals surface area contributed by atoms with E-state index >= 15 is 0 Å². The molecule has 12 heavy (non-hydrogen) atoms. The van der Waals surface area contributed by atoms with Crippen molar-refractivity contribution in [1.82, 2.24) is 0 Å². The molecule has 3 N–H and O–H groups in total. The zero-order valence-electron chi connectivity index (χ0n) is 6.47. The number of nitrogen functional groups attached to an aromatic ring is 1. The molecule has 1 rings (SSSR count). The lowest BCUT2D eigenvalue weighted by atomic mass is 10.1. The number of halogens is 1. The third-order valence-corrected chi connectivity index (χ3v) is 2.00. The number of anilines is 1. The maximum atomic E-state index is 10.7. The molecule has 0 unspecified atom stereocenters. The lowest BCUT2D eigenvalue weighted by Gasteiger charge is -2.04. The number of nitrogens with two attached hydrogens (primary N) is 1. The Bertz CT molecular complexity index is 313. The van der Waals surface area contributed by atoms with E-state index < -0.39 is 5.97 Å². The summed E-state index contributed by atoms with van der Waals surface area (Å²) in [5.41, 5.74) is 6.64. The molecular weight excluding hydrogens is 222 g/mol. The number of hydrogen-bond donors (Lipinski definition) is 2. The fraction of sp³-hybridized carbons (Fsp3) is 0.125. The normalized spacial score (nSPS) is 9.83. The van der Waals surface area contributed by atoms with Crippen LogP contribution in [0.25, 0.3) is 0 Å². The minimum atomic E-state index is -0.988. The van der Waals surface area contributed by atoms with Crippen LogP contribution in [-0.2, 0) is 0 Å². The molecule has 1 aromatic carbocycles. The van der Waals surface area contributed by atoms with Gasteiger partial charge in [-0.1, -0.05) is 15.9 Å². The van der Waals surface area contributed by atoms with Crippen molar-refractivity contribution < 1.29 is 9.90 Å². The van der Waals surface area contributed by atoms with Gasteiger partial charge in [-0.3, -0.25) is 0 Å². The van der Waals surface area contributed by atoms with Gasteiger partial charge in [-0.25, -0.2) is 4.79 Å². The maximum Gasteiger partial charge on any atom is 0.338 e. The second kappa shape index (κ2) is 3.15. The lowest BCUT2D eigenvalue weighted by Crippen LogP contribution is -2.04. The summed E-state index contributed by atoms with van der Waals surface area (Å²) in [5, 5.41) is 8.74. The van der Waals surface area contributed by atoms with Crippen LogP contribution in [0.4, 0.5) is 5.69 Å². The number of carboxylic acids is 1. The predicted octanol–water partition coefficient (Wildman–Crippen LogP) is 2.04. The summed E-state index contributed by atoms with van der Waals surface area (Å²) in [6.07, 6.45) is 0. The molecule has 0 aromatic heterocycles. The molecule has 0 spiro atoms. The van der Waals surface area contributed by atoms with Crippen LogP contribution in [0.2, 0.25) is 0 Å². The van der Waals surface area contributed by atoms with E-state index in [1.54, 1.807) is 19.1 Å². The minimum Gasteiger partial charge on any atom is -0.478 e. The average molecular weight is 230 g/mol. The SMILES string of the molecule is Cc1cc(Br)cc(N)c1C(=O)O. The molecular formula is C8H8BrNO2. The quantitative estimate of drug-likeness (QED) is 0.725. The van der Waals surface area contributed by atoms with Gasteiger partial charge < -0.3 is 10.8 Å². The summed E-state index contributed by atoms with van der Waals surface area (Å²) >= 11 is 3.22. The van der Waals surface area contributed by atoms with Gasteiger partial charge >= 0.3 is 5.97 Å². The Balaban J connectivity index is 3.38. The lowest BCUT2D eigenvalue weighted by molar-refractivity contribution is 0.0697. The minimum absolute atomic E-state index is 0.179. The van der Waals surface area contributed by atoms with Gasteiger partial charge in [0.25, 0.3) is 0 Å². The third-order valence-electron chi connectivity index (χ3n) is 1.54. The Morgan fingerprint density at radius 2 is 2.17 bits per heavy atom. The molecule has 64 valence electrons. The Hall–Kier alpha value is -1.03. The molecule has 0 saturated carbocycles.